The molecular formula is C22H18BrN5O2. The summed E-state index contributed by atoms with van der Waals surface area (Å²) in [7, 11) is 0. The molecule has 7 nitrogen and oxygen atoms in total. The molecule has 2 aromatic heterocycles. The number of carbonyl (C=O) groups excluding carboxylic acids is 1. The average Bonchev–Trinajstić information content (AvgIpc) is 3.42. The van der Waals surface area contributed by atoms with Crippen molar-refractivity contribution in [2.75, 3.05) is 5.32 Å². The predicted octanol–water partition coefficient (Wildman–Crippen LogP) is 3.45. The first kappa shape index (κ1) is 18.7. The summed E-state index contributed by atoms with van der Waals surface area (Å²) in [5, 5.41) is 7.37. The van der Waals surface area contributed by atoms with Gasteiger partial charge in [0, 0.05) is 27.0 Å². The van der Waals surface area contributed by atoms with Crippen LogP contribution in [0.25, 0.3) is 17.2 Å². The van der Waals surface area contributed by atoms with Gasteiger partial charge in [-0.25, -0.2) is 0 Å². The predicted molar refractivity (Wildman–Crippen MR) is 117 cm³/mol. The molecule has 5 rings (SSSR count). The van der Waals surface area contributed by atoms with E-state index in [0.29, 0.717) is 23.7 Å². The fourth-order valence-electron chi connectivity index (χ4n) is 3.87. The highest BCUT2D eigenvalue weighted by Gasteiger charge is 2.25. The Morgan fingerprint density at radius 3 is 2.60 bits per heavy atom. The van der Waals surface area contributed by atoms with Gasteiger partial charge in [-0.3, -0.25) is 9.59 Å². The van der Waals surface area contributed by atoms with Gasteiger partial charge in [-0.15, -0.1) is 5.10 Å². The number of rotatable bonds is 4. The van der Waals surface area contributed by atoms with Crippen LogP contribution >= 0.6 is 15.9 Å². The minimum absolute atomic E-state index is 0.0646. The van der Waals surface area contributed by atoms with Crippen LogP contribution in [0, 0.1) is 0 Å². The van der Waals surface area contributed by atoms with E-state index in [-0.39, 0.29) is 18.0 Å². The monoisotopic (exact) mass is 463 g/mol. The zero-order valence-electron chi connectivity index (χ0n) is 16.0. The van der Waals surface area contributed by atoms with E-state index in [4.69, 9.17) is 0 Å². The third kappa shape index (κ3) is 3.33. The topological polar surface area (TPSA) is 81.3 Å². The van der Waals surface area contributed by atoms with Crippen LogP contribution in [0.4, 0.5) is 5.69 Å². The highest BCUT2D eigenvalue weighted by molar-refractivity contribution is 9.10. The Bertz CT molecular complexity index is 1310. The summed E-state index contributed by atoms with van der Waals surface area (Å²) in [6.07, 6.45) is 2.33. The number of hydrogen-bond donors (Lipinski definition) is 1. The number of nitrogens with one attached hydrogen (secondary N) is 1. The van der Waals surface area contributed by atoms with Gasteiger partial charge in [-0.1, -0.05) is 46.3 Å². The van der Waals surface area contributed by atoms with Gasteiger partial charge in [0.05, 0.1) is 0 Å². The van der Waals surface area contributed by atoms with Gasteiger partial charge in [0.2, 0.25) is 11.7 Å². The van der Waals surface area contributed by atoms with E-state index in [2.05, 4.69) is 31.3 Å². The molecule has 0 fully saturated rings. The molecule has 4 aromatic rings. The molecule has 2 aromatic carbocycles. The Kier molecular flexibility index (Phi) is 4.71. The lowest BCUT2D eigenvalue weighted by atomic mass is 10.2. The fourth-order valence-corrected chi connectivity index (χ4v) is 4.14. The second kappa shape index (κ2) is 7.53. The number of hydrogen-bond acceptors (Lipinski definition) is 4. The standard InChI is InChI=1S/C22H18BrN5O2/c23-15-9-11-16(12-10-15)24-19(29)13-27-18-8-4-7-17(18)21(30)28-22(27)25-20(26-28)14-5-2-1-3-6-14/h1-3,5-6,9-12H,4,7-8,13H2,(H,24,29). The number of halogens is 1. The molecule has 150 valence electrons. The highest BCUT2D eigenvalue weighted by atomic mass is 79.9. The Labute approximate surface area is 180 Å². The third-order valence-electron chi connectivity index (χ3n) is 5.26. The lowest BCUT2D eigenvalue weighted by Gasteiger charge is -2.13. The van der Waals surface area contributed by atoms with E-state index < -0.39 is 0 Å². The maximum absolute atomic E-state index is 13.0. The molecule has 0 saturated carbocycles. The van der Waals surface area contributed by atoms with E-state index >= 15 is 0 Å². The molecule has 0 spiro atoms. The number of anilines is 1. The smallest absolute Gasteiger partial charge is 0.279 e. The molecule has 0 saturated heterocycles. The number of aromatic nitrogens is 4. The number of amides is 1. The number of nitrogens with zero attached hydrogens (tertiary/aromatic N) is 4. The zero-order valence-corrected chi connectivity index (χ0v) is 17.6. The molecule has 0 bridgehead atoms. The molecule has 1 aliphatic carbocycles. The summed E-state index contributed by atoms with van der Waals surface area (Å²) in [4.78, 5) is 30.4. The van der Waals surface area contributed by atoms with Gasteiger partial charge in [0.25, 0.3) is 5.56 Å². The summed E-state index contributed by atoms with van der Waals surface area (Å²) in [6, 6.07) is 16.9. The van der Waals surface area contributed by atoms with Gasteiger partial charge in [-0.2, -0.15) is 9.50 Å². The van der Waals surface area contributed by atoms with E-state index in [0.717, 1.165) is 34.1 Å². The quantitative estimate of drug-likeness (QED) is 0.502. The van der Waals surface area contributed by atoms with E-state index in [1.807, 2.05) is 59.2 Å². The van der Waals surface area contributed by atoms with Gasteiger partial charge in [0.15, 0.2) is 5.82 Å². The van der Waals surface area contributed by atoms with Crippen LogP contribution in [0.3, 0.4) is 0 Å². The molecular weight excluding hydrogens is 446 g/mol. The molecule has 2 heterocycles. The number of benzene rings is 2. The molecule has 1 aliphatic rings. The average molecular weight is 464 g/mol. The van der Waals surface area contributed by atoms with Gasteiger partial charge in [0.1, 0.15) is 6.54 Å². The van der Waals surface area contributed by atoms with Crippen LogP contribution in [0.5, 0.6) is 0 Å². The Morgan fingerprint density at radius 2 is 1.83 bits per heavy atom. The lowest BCUT2D eigenvalue weighted by molar-refractivity contribution is -0.116. The first-order valence-corrected chi connectivity index (χ1v) is 10.5. The van der Waals surface area contributed by atoms with Crippen LogP contribution < -0.4 is 10.9 Å². The van der Waals surface area contributed by atoms with Crippen molar-refractivity contribution < 1.29 is 4.79 Å². The maximum atomic E-state index is 13.0. The molecule has 0 unspecified atom stereocenters. The first-order chi connectivity index (χ1) is 14.6. The summed E-state index contributed by atoms with van der Waals surface area (Å²) in [5.41, 5.74) is 3.00. The summed E-state index contributed by atoms with van der Waals surface area (Å²) >= 11 is 3.39. The Morgan fingerprint density at radius 1 is 1.07 bits per heavy atom. The van der Waals surface area contributed by atoms with Crippen molar-refractivity contribution in [3.05, 3.63) is 80.7 Å². The van der Waals surface area contributed by atoms with Crippen molar-refractivity contribution in [3.8, 4) is 11.4 Å². The minimum atomic E-state index is -0.179. The summed E-state index contributed by atoms with van der Waals surface area (Å²) < 4.78 is 4.11. The molecule has 1 amide bonds. The maximum Gasteiger partial charge on any atom is 0.279 e. The largest absolute Gasteiger partial charge is 0.325 e. The van der Waals surface area contributed by atoms with Crippen molar-refractivity contribution in [2.45, 2.75) is 25.8 Å². The molecule has 0 atom stereocenters. The summed E-state index contributed by atoms with van der Waals surface area (Å²) in [5.74, 6) is 0.685. The first-order valence-electron chi connectivity index (χ1n) is 9.72. The van der Waals surface area contributed by atoms with Crippen LogP contribution in [-0.2, 0) is 24.2 Å². The number of fused-ring (bicyclic) bond motifs is 2. The van der Waals surface area contributed by atoms with Gasteiger partial charge >= 0.3 is 0 Å². The minimum Gasteiger partial charge on any atom is -0.325 e. The Hall–Kier alpha value is -3.26. The van der Waals surface area contributed by atoms with Crippen molar-refractivity contribution in [1.82, 2.24) is 19.2 Å². The van der Waals surface area contributed by atoms with E-state index in [1.54, 1.807) is 0 Å². The van der Waals surface area contributed by atoms with Gasteiger partial charge in [-0.05, 0) is 43.5 Å². The van der Waals surface area contributed by atoms with Crippen molar-refractivity contribution >= 4 is 33.3 Å². The molecule has 8 heteroatoms. The van der Waals surface area contributed by atoms with Crippen LogP contribution in [0.1, 0.15) is 17.7 Å². The Balaban J connectivity index is 1.57. The van der Waals surface area contributed by atoms with Crippen LogP contribution in [0.15, 0.2) is 63.9 Å². The van der Waals surface area contributed by atoms with Crippen LogP contribution in [-0.4, -0.2) is 25.1 Å². The molecule has 1 N–H and O–H groups in total. The van der Waals surface area contributed by atoms with Gasteiger partial charge < -0.3 is 9.88 Å². The van der Waals surface area contributed by atoms with Crippen molar-refractivity contribution in [2.24, 2.45) is 0 Å². The van der Waals surface area contributed by atoms with E-state index in [1.165, 1.54) is 4.52 Å². The SMILES string of the molecule is O=C(Cn1c2c(c(=O)n3nc(-c4ccccc4)nc13)CCC2)Nc1ccc(Br)cc1. The molecule has 30 heavy (non-hydrogen) atoms. The van der Waals surface area contributed by atoms with Crippen molar-refractivity contribution in [3.63, 3.8) is 0 Å². The molecule has 0 radical (unpaired) electrons. The zero-order chi connectivity index (χ0) is 20.7. The summed E-state index contributed by atoms with van der Waals surface area (Å²) in [6.45, 7) is 0.0646. The van der Waals surface area contributed by atoms with E-state index in [9.17, 15) is 9.59 Å². The molecule has 0 aliphatic heterocycles. The highest BCUT2D eigenvalue weighted by Crippen LogP contribution is 2.23. The van der Waals surface area contributed by atoms with Crippen molar-refractivity contribution in [1.29, 1.82) is 0 Å². The lowest BCUT2D eigenvalue weighted by Crippen LogP contribution is -2.28. The second-order valence-corrected chi connectivity index (χ2v) is 8.15. The third-order valence-corrected chi connectivity index (χ3v) is 5.79. The normalized spacial score (nSPS) is 12.8. The second-order valence-electron chi connectivity index (χ2n) is 7.24. The fraction of sp³-hybridized carbons (Fsp3) is 0.182. The number of carbonyl (C=O) groups is 1. The van der Waals surface area contributed by atoms with Crippen LogP contribution in [0.2, 0.25) is 0 Å².